The summed E-state index contributed by atoms with van der Waals surface area (Å²) >= 11 is 0. The van der Waals surface area contributed by atoms with Gasteiger partial charge in [0, 0.05) is 0 Å². The monoisotopic (exact) mass is 173 g/mol. The summed E-state index contributed by atoms with van der Waals surface area (Å²) in [6, 6.07) is 8.48. The van der Waals surface area contributed by atoms with Crippen molar-refractivity contribution in [3.8, 4) is 6.07 Å². The van der Waals surface area contributed by atoms with E-state index in [1.807, 2.05) is 0 Å². The molecule has 1 aromatic carbocycles. The van der Waals surface area contributed by atoms with Gasteiger partial charge in [0.15, 0.2) is 0 Å². The molecule has 1 rings (SSSR count). The maximum atomic E-state index is 8.53. The van der Waals surface area contributed by atoms with Crippen LogP contribution in [0.5, 0.6) is 0 Å². The molecule has 0 atom stereocenters. The normalized spacial score (nSPS) is 9.62. The number of nitrogens with zero attached hydrogens (tertiary/aromatic N) is 1. The van der Waals surface area contributed by atoms with Gasteiger partial charge in [0.2, 0.25) is 0 Å². The summed E-state index contributed by atoms with van der Waals surface area (Å²) in [7, 11) is 0. The van der Waals surface area contributed by atoms with E-state index in [0.717, 1.165) is 12.0 Å². The first-order valence-electron chi connectivity index (χ1n) is 4.73. The Balaban J connectivity index is 2.86. The zero-order valence-electron chi connectivity index (χ0n) is 8.30. The summed E-state index contributed by atoms with van der Waals surface area (Å²) in [5.74, 6) is 0. The van der Waals surface area contributed by atoms with E-state index in [-0.39, 0.29) is 0 Å². The number of hydrogen-bond acceptors (Lipinski definition) is 1. The summed E-state index contributed by atoms with van der Waals surface area (Å²) in [5, 5.41) is 8.53. The SMILES string of the molecule is CCCc1ccc(CC#N)cc1C. The molecule has 0 N–H and O–H groups in total. The maximum Gasteiger partial charge on any atom is 0.0669 e. The minimum atomic E-state index is 0.521. The molecule has 0 unspecified atom stereocenters. The Kier molecular flexibility index (Phi) is 3.52. The molecule has 0 saturated carbocycles. The van der Waals surface area contributed by atoms with Gasteiger partial charge in [-0.25, -0.2) is 0 Å². The van der Waals surface area contributed by atoms with Crippen LogP contribution in [-0.4, -0.2) is 0 Å². The fourth-order valence-electron chi connectivity index (χ4n) is 1.51. The Morgan fingerprint density at radius 3 is 2.69 bits per heavy atom. The molecule has 0 amide bonds. The highest BCUT2D eigenvalue weighted by atomic mass is 14.2. The van der Waals surface area contributed by atoms with Crippen molar-refractivity contribution in [2.45, 2.75) is 33.1 Å². The standard InChI is InChI=1S/C12H15N/c1-3-4-12-6-5-11(7-8-13)9-10(12)2/h5-6,9H,3-4,7H2,1-2H3. The molecular weight excluding hydrogens is 158 g/mol. The van der Waals surface area contributed by atoms with Crippen LogP contribution in [0.2, 0.25) is 0 Å². The lowest BCUT2D eigenvalue weighted by atomic mass is 10.0. The van der Waals surface area contributed by atoms with Gasteiger partial charge in [0.25, 0.3) is 0 Å². The van der Waals surface area contributed by atoms with Gasteiger partial charge in [-0.15, -0.1) is 0 Å². The number of benzene rings is 1. The molecule has 0 aliphatic rings. The van der Waals surface area contributed by atoms with E-state index in [1.54, 1.807) is 0 Å². The van der Waals surface area contributed by atoms with E-state index in [2.05, 4.69) is 38.1 Å². The third-order valence-electron chi connectivity index (χ3n) is 2.21. The van der Waals surface area contributed by atoms with E-state index in [0.29, 0.717) is 6.42 Å². The molecule has 68 valence electrons. The highest BCUT2D eigenvalue weighted by Crippen LogP contribution is 2.13. The average Bonchev–Trinajstić information content (AvgIpc) is 2.10. The Morgan fingerprint density at radius 1 is 1.38 bits per heavy atom. The van der Waals surface area contributed by atoms with Gasteiger partial charge in [-0.1, -0.05) is 31.5 Å². The molecule has 0 bridgehead atoms. The lowest BCUT2D eigenvalue weighted by molar-refractivity contribution is 0.911. The summed E-state index contributed by atoms with van der Waals surface area (Å²) in [6.07, 6.45) is 2.84. The zero-order valence-corrected chi connectivity index (χ0v) is 8.30. The molecule has 1 nitrogen and oxygen atoms in total. The summed E-state index contributed by atoms with van der Waals surface area (Å²) in [6.45, 7) is 4.30. The Hall–Kier alpha value is -1.29. The average molecular weight is 173 g/mol. The van der Waals surface area contributed by atoms with Gasteiger partial charge in [-0.3, -0.25) is 0 Å². The van der Waals surface area contributed by atoms with Crippen LogP contribution in [-0.2, 0) is 12.8 Å². The van der Waals surface area contributed by atoms with Crippen LogP contribution >= 0.6 is 0 Å². The first-order chi connectivity index (χ1) is 6.27. The first-order valence-corrected chi connectivity index (χ1v) is 4.73. The topological polar surface area (TPSA) is 23.8 Å². The van der Waals surface area contributed by atoms with Crippen LogP contribution in [0.15, 0.2) is 18.2 Å². The fraction of sp³-hybridized carbons (Fsp3) is 0.417. The second-order valence-electron chi connectivity index (χ2n) is 3.35. The maximum absolute atomic E-state index is 8.53. The second kappa shape index (κ2) is 4.67. The predicted molar refractivity (Wildman–Crippen MR) is 54.5 cm³/mol. The molecule has 1 heteroatoms. The molecule has 0 aliphatic heterocycles. The minimum absolute atomic E-state index is 0.521. The lowest BCUT2D eigenvalue weighted by Crippen LogP contribution is -1.91. The van der Waals surface area contributed by atoms with Gasteiger partial charge in [0.1, 0.15) is 0 Å². The molecule has 0 radical (unpaired) electrons. The van der Waals surface area contributed by atoms with Crippen molar-refractivity contribution < 1.29 is 0 Å². The largest absolute Gasteiger partial charge is 0.198 e. The predicted octanol–water partition coefficient (Wildman–Crippen LogP) is 3.01. The smallest absolute Gasteiger partial charge is 0.0669 e. The molecule has 1 aromatic rings. The van der Waals surface area contributed by atoms with Crippen LogP contribution in [0.1, 0.15) is 30.0 Å². The van der Waals surface area contributed by atoms with Crippen LogP contribution in [0, 0.1) is 18.3 Å². The van der Waals surface area contributed by atoms with E-state index in [4.69, 9.17) is 5.26 Å². The first kappa shape index (κ1) is 9.80. The highest BCUT2D eigenvalue weighted by molar-refractivity contribution is 5.32. The number of aryl methyl sites for hydroxylation is 2. The highest BCUT2D eigenvalue weighted by Gasteiger charge is 1.98. The molecular formula is C12H15N. The fourth-order valence-corrected chi connectivity index (χ4v) is 1.51. The second-order valence-corrected chi connectivity index (χ2v) is 3.35. The van der Waals surface area contributed by atoms with Crippen molar-refractivity contribution in [2.75, 3.05) is 0 Å². The van der Waals surface area contributed by atoms with Crippen LogP contribution < -0.4 is 0 Å². The molecule has 0 aromatic heterocycles. The van der Waals surface area contributed by atoms with Crippen molar-refractivity contribution in [3.05, 3.63) is 34.9 Å². The third-order valence-corrected chi connectivity index (χ3v) is 2.21. The Morgan fingerprint density at radius 2 is 2.15 bits per heavy atom. The van der Waals surface area contributed by atoms with Crippen molar-refractivity contribution in [2.24, 2.45) is 0 Å². The van der Waals surface area contributed by atoms with Gasteiger partial charge < -0.3 is 0 Å². The van der Waals surface area contributed by atoms with Crippen LogP contribution in [0.4, 0.5) is 0 Å². The van der Waals surface area contributed by atoms with E-state index in [1.165, 1.54) is 17.5 Å². The van der Waals surface area contributed by atoms with Gasteiger partial charge in [-0.05, 0) is 30.0 Å². The molecule has 0 aliphatic carbocycles. The van der Waals surface area contributed by atoms with E-state index >= 15 is 0 Å². The van der Waals surface area contributed by atoms with Crippen molar-refractivity contribution in [1.82, 2.24) is 0 Å². The van der Waals surface area contributed by atoms with Gasteiger partial charge in [0.05, 0.1) is 12.5 Å². The third kappa shape index (κ3) is 2.59. The number of hydrogen-bond donors (Lipinski definition) is 0. The number of rotatable bonds is 3. The van der Waals surface area contributed by atoms with Crippen LogP contribution in [0.25, 0.3) is 0 Å². The van der Waals surface area contributed by atoms with E-state index in [9.17, 15) is 0 Å². The Bertz CT molecular complexity index is 320. The van der Waals surface area contributed by atoms with Crippen molar-refractivity contribution in [1.29, 1.82) is 5.26 Å². The minimum Gasteiger partial charge on any atom is -0.198 e. The molecule has 0 saturated heterocycles. The van der Waals surface area contributed by atoms with E-state index < -0.39 is 0 Å². The lowest BCUT2D eigenvalue weighted by Gasteiger charge is -2.05. The molecule has 0 spiro atoms. The quantitative estimate of drug-likeness (QED) is 0.689. The molecule has 13 heavy (non-hydrogen) atoms. The van der Waals surface area contributed by atoms with Crippen molar-refractivity contribution >= 4 is 0 Å². The van der Waals surface area contributed by atoms with Crippen LogP contribution in [0.3, 0.4) is 0 Å². The molecule has 0 fully saturated rings. The summed E-state index contributed by atoms with van der Waals surface area (Å²) in [4.78, 5) is 0. The van der Waals surface area contributed by atoms with Crippen molar-refractivity contribution in [3.63, 3.8) is 0 Å². The zero-order chi connectivity index (χ0) is 9.68. The van der Waals surface area contributed by atoms with Gasteiger partial charge in [-0.2, -0.15) is 5.26 Å². The van der Waals surface area contributed by atoms with Gasteiger partial charge >= 0.3 is 0 Å². The summed E-state index contributed by atoms with van der Waals surface area (Å²) in [5.41, 5.74) is 3.85. The summed E-state index contributed by atoms with van der Waals surface area (Å²) < 4.78 is 0. The Labute approximate surface area is 80.0 Å². The number of nitriles is 1. The molecule has 0 heterocycles.